The topological polar surface area (TPSA) is 95.9 Å². The summed E-state index contributed by atoms with van der Waals surface area (Å²) in [6.45, 7) is 5.77. The summed E-state index contributed by atoms with van der Waals surface area (Å²) in [6, 6.07) is 4.63. The van der Waals surface area contributed by atoms with Crippen LogP contribution >= 0.6 is 11.8 Å². The lowest BCUT2D eigenvalue weighted by Gasteiger charge is -2.32. The van der Waals surface area contributed by atoms with Gasteiger partial charge in [-0.3, -0.25) is 4.72 Å². The smallest absolute Gasteiger partial charge is 0.400 e. The van der Waals surface area contributed by atoms with E-state index in [2.05, 4.69) is 6.58 Å². The number of allylic oxidation sites excluding steroid dienone is 6. The lowest BCUT2D eigenvalue weighted by molar-refractivity contribution is -0.0865. The first kappa shape index (κ1) is 29.2. The lowest BCUT2D eigenvalue weighted by Crippen LogP contribution is -2.35. The van der Waals surface area contributed by atoms with Gasteiger partial charge in [-0.1, -0.05) is 36.9 Å². The third kappa shape index (κ3) is 8.84. The molecule has 2 aliphatic rings. The molecule has 0 aliphatic carbocycles. The number of ether oxygens (including phenoxy) is 1. The van der Waals surface area contributed by atoms with Crippen LogP contribution in [-0.4, -0.2) is 49.6 Å². The van der Waals surface area contributed by atoms with Crippen molar-refractivity contribution in [3.63, 3.8) is 0 Å². The van der Waals surface area contributed by atoms with Crippen molar-refractivity contribution in [2.75, 3.05) is 11.8 Å². The molecule has 2 heterocycles. The molecule has 0 amide bonds. The summed E-state index contributed by atoms with van der Waals surface area (Å²) in [5, 5.41) is 19.0. The average molecular weight is 534 g/mol. The van der Waals surface area contributed by atoms with Gasteiger partial charge in [0, 0.05) is 20.0 Å². The molecule has 3 rings (SSSR count). The predicted octanol–water partition coefficient (Wildman–Crippen LogP) is 4.83. The van der Waals surface area contributed by atoms with Crippen molar-refractivity contribution in [2.45, 2.75) is 56.4 Å². The quantitative estimate of drug-likeness (QED) is 0.485. The van der Waals surface area contributed by atoms with E-state index in [4.69, 9.17) is 9.84 Å². The van der Waals surface area contributed by atoms with Gasteiger partial charge < -0.3 is 14.9 Å². The number of benzene rings is 1. The molecule has 0 aromatic heterocycles. The maximum atomic E-state index is 13.0. The highest BCUT2D eigenvalue weighted by atomic mass is 32.2. The molecule has 0 bridgehead atoms. The summed E-state index contributed by atoms with van der Waals surface area (Å²) in [4.78, 5) is 0.980. The number of halogens is 3. The van der Waals surface area contributed by atoms with Gasteiger partial charge in [0.25, 0.3) is 0 Å². The minimum Gasteiger partial charge on any atom is -0.400 e. The van der Waals surface area contributed by atoms with Crippen LogP contribution in [0.2, 0.25) is 0 Å². The number of nitrogens with one attached hydrogen (secondary N) is 1. The highest BCUT2D eigenvalue weighted by molar-refractivity contribution is 8.05. The maximum absolute atomic E-state index is 13.0. The minimum atomic E-state index is -5.58. The van der Waals surface area contributed by atoms with E-state index in [-0.39, 0.29) is 18.2 Å². The molecule has 0 spiro atoms. The first-order valence-corrected chi connectivity index (χ1v) is 13.2. The molecule has 3 atom stereocenters. The van der Waals surface area contributed by atoms with Crippen LogP contribution in [0, 0.1) is 0 Å². The fraction of sp³-hybridized carbons (Fsp3) is 0.417. The van der Waals surface area contributed by atoms with Gasteiger partial charge in [-0.05, 0) is 58.9 Å². The molecule has 3 N–H and O–H groups in total. The largest absolute Gasteiger partial charge is 0.516 e. The van der Waals surface area contributed by atoms with Crippen molar-refractivity contribution in [3.8, 4) is 0 Å². The number of rotatable bonds is 6. The number of aliphatic hydroxyl groups excluding tert-OH is 2. The third-order valence-corrected chi connectivity index (χ3v) is 7.13. The molecule has 35 heavy (non-hydrogen) atoms. The number of anilines is 1. The van der Waals surface area contributed by atoms with E-state index in [1.54, 1.807) is 16.9 Å². The monoisotopic (exact) mass is 533 g/mol. The Bertz CT molecular complexity index is 1070. The van der Waals surface area contributed by atoms with E-state index in [1.165, 1.54) is 17.8 Å². The van der Waals surface area contributed by atoms with Crippen molar-refractivity contribution in [1.82, 2.24) is 0 Å². The summed E-state index contributed by atoms with van der Waals surface area (Å²) in [5.74, 6) is 0. The molecule has 11 heteroatoms. The highest BCUT2D eigenvalue weighted by Gasteiger charge is 2.46. The van der Waals surface area contributed by atoms with Crippen LogP contribution in [-0.2, 0) is 27.6 Å². The fourth-order valence-electron chi connectivity index (χ4n) is 3.76. The van der Waals surface area contributed by atoms with Crippen LogP contribution in [0.25, 0.3) is 0 Å². The van der Waals surface area contributed by atoms with E-state index in [9.17, 15) is 26.7 Å². The third-order valence-electron chi connectivity index (χ3n) is 5.17. The van der Waals surface area contributed by atoms with Crippen molar-refractivity contribution < 1.29 is 36.5 Å². The number of thioether (sulfide) groups is 1. The van der Waals surface area contributed by atoms with Gasteiger partial charge in [0.05, 0.1) is 24.0 Å². The van der Waals surface area contributed by atoms with E-state index in [0.29, 0.717) is 24.8 Å². The standard InChI is InChI=1S/C23H26F3NO4S2.CH4O/c1-15-5-3-4-8-32-21(9-15)12-17-6-7-22(27-33(29,30)23(24,25)26)18(11-17)13-20-14-19(28)10-16(2)31-20;1-2/h3-9,11,16,19-20,27-28H,1,10,12-14H2,2H3;2H,1H3/b5-3-,8-4-,21-9-;. The summed E-state index contributed by atoms with van der Waals surface area (Å²) < 4.78 is 69.9. The summed E-state index contributed by atoms with van der Waals surface area (Å²) in [5.41, 5.74) is -3.60. The second-order valence-electron chi connectivity index (χ2n) is 8.11. The minimum absolute atomic E-state index is 0.154. The van der Waals surface area contributed by atoms with Gasteiger partial charge in [-0.2, -0.15) is 21.6 Å². The molecule has 1 saturated heterocycles. The molecule has 2 aliphatic heterocycles. The second kappa shape index (κ2) is 12.8. The summed E-state index contributed by atoms with van der Waals surface area (Å²) in [7, 11) is -4.58. The zero-order valence-electron chi connectivity index (χ0n) is 19.5. The molecular formula is C24H30F3NO5S2. The summed E-state index contributed by atoms with van der Waals surface area (Å²) in [6.07, 6.45) is 7.75. The Morgan fingerprint density at radius 3 is 2.60 bits per heavy atom. The lowest BCUT2D eigenvalue weighted by atomic mass is 9.95. The molecular weight excluding hydrogens is 503 g/mol. The highest BCUT2D eigenvalue weighted by Crippen LogP contribution is 2.32. The van der Waals surface area contributed by atoms with Crippen molar-refractivity contribution in [1.29, 1.82) is 0 Å². The van der Waals surface area contributed by atoms with Crippen LogP contribution in [0.15, 0.2) is 65.0 Å². The number of aliphatic hydroxyl groups is 2. The van der Waals surface area contributed by atoms with Crippen molar-refractivity contribution in [3.05, 3.63) is 76.1 Å². The van der Waals surface area contributed by atoms with E-state index in [0.717, 1.165) is 23.2 Å². The zero-order valence-corrected chi connectivity index (χ0v) is 21.1. The molecule has 0 radical (unpaired) electrons. The van der Waals surface area contributed by atoms with E-state index < -0.39 is 27.7 Å². The van der Waals surface area contributed by atoms with Gasteiger partial charge in [-0.15, -0.1) is 11.8 Å². The molecule has 1 fully saturated rings. The van der Waals surface area contributed by atoms with Crippen LogP contribution in [0.3, 0.4) is 0 Å². The fourth-order valence-corrected chi connectivity index (χ4v) is 5.18. The van der Waals surface area contributed by atoms with E-state index >= 15 is 0 Å². The Morgan fingerprint density at radius 1 is 1.23 bits per heavy atom. The molecule has 1 aromatic rings. The van der Waals surface area contributed by atoms with Gasteiger partial charge in [0.15, 0.2) is 0 Å². The number of hydrogen-bond donors (Lipinski definition) is 3. The van der Waals surface area contributed by atoms with Crippen LogP contribution in [0.4, 0.5) is 18.9 Å². The van der Waals surface area contributed by atoms with Crippen LogP contribution in [0.5, 0.6) is 0 Å². The molecule has 0 saturated carbocycles. The van der Waals surface area contributed by atoms with Gasteiger partial charge in [-0.25, -0.2) is 0 Å². The van der Waals surface area contributed by atoms with Crippen LogP contribution < -0.4 is 4.72 Å². The average Bonchev–Trinajstić information content (AvgIpc) is 2.73. The molecule has 194 valence electrons. The van der Waals surface area contributed by atoms with Gasteiger partial charge in [0.1, 0.15) is 0 Å². The Kier molecular flexibility index (Phi) is 10.6. The Morgan fingerprint density at radius 2 is 1.94 bits per heavy atom. The number of sulfonamides is 1. The first-order chi connectivity index (χ1) is 16.4. The molecule has 6 nitrogen and oxygen atoms in total. The van der Waals surface area contributed by atoms with Gasteiger partial charge >= 0.3 is 15.5 Å². The van der Waals surface area contributed by atoms with Crippen molar-refractivity contribution in [2.24, 2.45) is 0 Å². The van der Waals surface area contributed by atoms with Crippen molar-refractivity contribution >= 4 is 27.5 Å². The number of alkyl halides is 3. The second-order valence-corrected chi connectivity index (χ2v) is 10.8. The zero-order chi connectivity index (χ0) is 26.2. The Hall–Kier alpha value is -2.05. The summed E-state index contributed by atoms with van der Waals surface area (Å²) >= 11 is 1.51. The van der Waals surface area contributed by atoms with E-state index in [1.807, 2.05) is 36.6 Å². The van der Waals surface area contributed by atoms with Gasteiger partial charge in [0.2, 0.25) is 0 Å². The predicted molar refractivity (Wildman–Crippen MR) is 133 cm³/mol. The maximum Gasteiger partial charge on any atom is 0.516 e. The molecule has 3 unspecified atom stereocenters. The Labute approximate surface area is 208 Å². The molecule has 1 aromatic carbocycles. The Balaban J connectivity index is 0.00000210. The normalized spacial score (nSPS) is 26.3. The number of hydrogen-bond acceptors (Lipinski definition) is 6. The SMILES string of the molecule is C=C1/C=C\C=C/S/C(Cc2ccc(NS(=O)(=O)C(F)(F)F)c(CC3CC(O)CC(C)O3)c2)=C\1.CO. The van der Waals surface area contributed by atoms with Crippen LogP contribution in [0.1, 0.15) is 30.9 Å². The first-order valence-electron chi connectivity index (χ1n) is 10.8.